The number of aromatic nitrogens is 5. The highest BCUT2D eigenvalue weighted by Gasteiger charge is 2.33. The second-order valence-corrected chi connectivity index (χ2v) is 5.33. The SMILES string of the molecule is Cc1occc1-c1nnc(Sc2nccc(C(F)(F)F)n2)n1N. The molecule has 3 rings (SSSR count). The quantitative estimate of drug-likeness (QED) is 0.577. The topological polar surface area (TPSA) is 95.6 Å². The average Bonchev–Trinajstić information content (AvgIpc) is 3.05. The van der Waals surface area contributed by atoms with Crippen LogP contribution in [0.1, 0.15) is 11.5 Å². The van der Waals surface area contributed by atoms with E-state index < -0.39 is 11.9 Å². The number of nitrogens with two attached hydrogens (primary N) is 1. The van der Waals surface area contributed by atoms with Gasteiger partial charge in [0.15, 0.2) is 11.0 Å². The summed E-state index contributed by atoms with van der Waals surface area (Å²) in [5.74, 6) is 6.80. The van der Waals surface area contributed by atoms with E-state index in [0.29, 0.717) is 17.1 Å². The molecule has 0 unspecified atom stereocenters. The van der Waals surface area contributed by atoms with Gasteiger partial charge in [-0.2, -0.15) is 13.2 Å². The standard InChI is InChI=1S/C12H9F3N6OS/c1-6-7(3-5-22-6)9-19-20-11(21(9)16)23-10-17-4-2-8(18-10)12(13,14)15/h2-5H,16H2,1H3. The molecule has 0 aliphatic carbocycles. The van der Waals surface area contributed by atoms with Crippen molar-refractivity contribution in [3.63, 3.8) is 0 Å². The summed E-state index contributed by atoms with van der Waals surface area (Å²) in [6.07, 6.45) is -2.05. The fourth-order valence-corrected chi connectivity index (χ4v) is 2.46. The van der Waals surface area contributed by atoms with Crippen LogP contribution in [-0.4, -0.2) is 24.8 Å². The minimum Gasteiger partial charge on any atom is -0.469 e. The third-order valence-electron chi connectivity index (χ3n) is 2.87. The lowest BCUT2D eigenvalue weighted by Gasteiger charge is -2.06. The van der Waals surface area contributed by atoms with Crippen molar-refractivity contribution in [1.29, 1.82) is 0 Å². The van der Waals surface area contributed by atoms with Gasteiger partial charge in [0, 0.05) is 6.20 Å². The smallest absolute Gasteiger partial charge is 0.433 e. The molecule has 0 amide bonds. The van der Waals surface area contributed by atoms with Gasteiger partial charge in [-0.05, 0) is 30.8 Å². The predicted molar refractivity (Wildman–Crippen MR) is 73.8 cm³/mol. The molecule has 0 spiro atoms. The molecule has 0 fully saturated rings. The van der Waals surface area contributed by atoms with Crippen LogP contribution >= 0.6 is 11.8 Å². The lowest BCUT2D eigenvalue weighted by Crippen LogP contribution is -2.12. The first-order valence-electron chi connectivity index (χ1n) is 6.19. The van der Waals surface area contributed by atoms with Crippen molar-refractivity contribution in [2.75, 3.05) is 5.84 Å². The molecule has 0 saturated carbocycles. The van der Waals surface area contributed by atoms with Gasteiger partial charge in [-0.3, -0.25) is 0 Å². The molecule has 0 aromatic carbocycles. The number of nitrogen functional groups attached to an aromatic ring is 1. The van der Waals surface area contributed by atoms with Gasteiger partial charge in [0.2, 0.25) is 5.16 Å². The molecular weight excluding hydrogens is 333 g/mol. The van der Waals surface area contributed by atoms with Gasteiger partial charge in [-0.1, -0.05) is 0 Å². The number of nitrogens with zero attached hydrogens (tertiary/aromatic N) is 5. The maximum atomic E-state index is 12.7. The van der Waals surface area contributed by atoms with Crippen molar-refractivity contribution in [2.24, 2.45) is 0 Å². The molecular formula is C12H9F3N6OS. The fraction of sp³-hybridized carbons (Fsp3) is 0.167. The highest BCUT2D eigenvalue weighted by atomic mass is 32.2. The normalized spacial score (nSPS) is 11.8. The Morgan fingerprint density at radius 1 is 1.26 bits per heavy atom. The number of halogens is 3. The molecule has 120 valence electrons. The molecule has 23 heavy (non-hydrogen) atoms. The van der Waals surface area contributed by atoms with Crippen LogP contribution in [0.3, 0.4) is 0 Å². The first-order chi connectivity index (χ1) is 10.9. The molecule has 7 nitrogen and oxygen atoms in total. The molecule has 0 atom stereocenters. The Hall–Kier alpha value is -2.56. The first kappa shape index (κ1) is 15.3. The lowest BCUT2D eigenvalue weighted by molar-refractivity contribution is -0.141. The van der Waals surface area contributed by atoms with Crippen LogP contribution < -0.4 is 5.84 Å². The van der Waals surface area contributed by atoms with Crippen LogP contribution in [0.2, 0.25) is 0 Å². The maximum absolute atomic E-state index is 12.7. The monoisotopic (exact) mass is 342 g/mol. The zero-order valence-electron chi connectivity index (χ0n) is 11.6. The van der Waals surface area contributed by atoms with Gasteiger partial charge >= 0.3 is 6.18 Å². The van der Waals surface area contributed by atoms with E-state index in [-0.39, 0.29) is 10.3 Å². The molecule has 2 N–H and O–H groups in total. The highest BCUT2D eigenvalue weighted by molar-refractivity contribution is 7.99. The van der Waals surface area contributed by atoms with Crippen molar-refractivity contribution in [3.05, 3.63) is 36.0 Å². The molecule has 0 saturated heterocycles. The summed E-state index contributed by atoms with van der Waals surface area (Å²) in [6.45, 7) is 1.73. The van der Waals surface area contributed by atoms with E-state index >= 15 is 0 Å². The lowest BCUT2D eigenvalue weighted by atomic mass is 10.2. The second-order valence-electron chi connectivity index (χ2n) is 4.39. The average molecular weight is 342 g/mol. The first-order valence-corrected chi connectivity index (χ1v) is 7.01. The van der Waals surface area contributed by atoms with Gasteiger partial charge in [0.1, 0.15) is 11.5 Å². The van der Waals surface area contributed by atoms with Crippen LogP contribution in [0.25, 0.3) is 11.4 Å². The number of hydrogen-bond acceptors (Lipinski definition) is 7. The van der Waals surface area contributed by atoms with Crippen molar-refractivity contribution in [3.8, 4) is 11.4 Å². The minimum atomic E-state index is -4.55. The summed E-state index contributed by atoms with van der Waals surface area (Å²) in [7, 11) is 0. The van der Waals surface area contributed by atoms with E-state index in [2.05, 4.69) is 20.2 Å². The Morgan fingerprint density at radius 3 is 2.70 bits per heavy atom. The van der Waals surface area contributed by atoms with Crippen LogP contribution in [-0.2, 0) is 6.18 Å². The summed E-state index contributed by atoms with van der Waals surface area (Å²) in [6, 6.07) is 2.45. The second kappa shape index (κ2) is 5.57. The van der Waals surface area contributed by atoms with Gasteiger partial charge in [-0.15, -0.1) is 10.2 Å². The molecule has 3 aromatic heterocycles. The minimum absolute atomic E-state index is 0.130. The largest absolute Gasteiger partial charge is 0.469 e. The third kappa shape index (κ3) is 2.99. The van der Waals surface area contributed by atoms with Crippen molar-refractivity contribution >= 4 is 11.8 Å². The van der Waals surface area contributed by atoms with Gasteiger partial charge in [-0.25, -0.2) is 14.6 Å². The Kier molecular flexibility index (Phi) is 3.72. The number of rotatable bonds is 3. The fourth-order valence-electron chi connectivity index (χ4n) is 1.78. The summed E-state index contributed by atoms with van der Waals surface area (Å²) < 4.78 is 44.3. The van der Waals surface area contributed by atoms with E-state index in [4.69, 9.17) is 10.3 Å². The zero-order valence-corrected chi connectivity index (χ0v) is 12.4. The molecule has 11 heteroatoms. The Bertz CT molecular complexity index is 843. The van der Waals surface area contributed by atoms with E-state index in [1.165, 1.54) is 6.26 Å². The van der Waals surface area contributed by atoms with Crippen LogP contribution in [0.15, 0.2) is 39.3 Å². The van der Waals surface area contributed by atoms with Crippen LogP contribution in [0.4, 0.5) is 13.2 Å². The number of hydrogen-bond donors (Lipinski definition) is 1. The van der Waals surface area contributed by atoms with Crippen LogP contribution in [0.5, 0.6) is 0 Å². The molecule has 0 aliphatic heterocycles. The zero-order chi connectivity index (χ0) is 16.6. The summed E-state index contributed by atoms with van der Waals surface area (Å²) in [4.78, 5) is 7.22. The van der Waals surface area contributed by atoms with E-state index in [9.17, 15) is 13.2 Å². The van der Waals surface area contributed by atoms with Gasteiger partial charge < -0.3 is 10.3 Å². The van der Waals surface area contributed by atoms with Crippen molar-refractivity contribution in [1.82, 2.24) is 24.8 Å². The van der Waals surface area contributed by atoms with Gasteiger partial charge in [0.25, 0.3) is 0 Å². The predicted octanol–water partition coefficient (Wildman–Crippen LogP) is 2.52. The third-order valence-corrected chi connectivity index (χ3v) is 3.71. The summed E-state index contributed by atoms with van der Waals surface area (Å²) >= 11 is 0.780. The van der Waals surface area contributed by atoms with Crippen molar-refractivity contribution < 1.29 is 17.6 Å². The number of furan rings is 1. The molecule has 0 radical (unpaired) electrons. The number of aryl methyl sites for hydroxylation is 1. The molecule has 0 bridgehead atoms. The Balaban J connectivity index is 1.90. The van der Waals surface area contributed by atoms with Crippen LogP contribution in [0, 0.1) is 6.92 Å². The highest BCUT2D eigenvalue weighted by Crippen LogP contribution is 2.31. The summed E-state index contributed by atoms with van der Waals surface area (Å²) in [5.41, 5.74) is -0.402. The molecule has 0 aliphatic rings. The maximum Gasteiger partial charge on any atom is 0.433 e. The van der Waals surface area contributed by atoms with E-state index in [1.807, 2.05) is 0 Å². The molecule has 3 heterocycles. The number of alkyl halides is 3. The molecule has 3 aromatic rings. The summed E-state index contributed by atoms with van der Waals surface area (Å²) in [5, 5.41) is 7.79. The Morgan fingerprint density at radius 2 is 2.04 bits per heavy atom. The van der Waals surface area contributed by atoms with Crippen molar-refractivity contribution in [2.45, 2.75) is 23.4 Å². The van der Waals surface area contributed by atoms with E-state index in [1.54, 1.807) is 13.0 Å². The van der Waals surface area contributed by atoms with Gasteiger partial charge in [0.05, 0.1) is 11.8 Å². The Labute approximate surface area is 131 Å². The van der Waals surface area contributed by atoms with E-state index in [0.717, 1.165) is 28.7 Å².